The average Bonchev–Trinajstić information content (AvgIpc) is 2.84. The van der Waals surface area contributed by atoms with E-state index < -0.39 is 24.0 Å². The summed E-state index contributed by atoms with van der Waals surface area (Å²) < 4.78 is 15.3. The van der Waals surface area contributed by atoms with Crippen LogP contribution in [0.2, 0.25) is 0 Å². The topological polar surface area (TPSA) is 102 Å². The SMILES string of the molecule is CCC(=O)OC(=O)Cc1c(O)cccc1C(O)(c1ccc(OC)cc1)c1ccc(OC)cc1. The molecule has 172 valence electrons. The Bertz CT molecular complexity index is 1070. The van der Waals surface area contributed by atoms with Crippen LogP contribution in [-0.4, -0.2) is 36.4 Å². The minimum Gasteiger partial charge on any atom is -0.508 e. The first-order valence-corrected chi connectivity index (χ1v) is 10.4. The summed E-state index contributed by atoms with van der Waals surface area (Å²) in [5.41, 5.74) is -0.349. The largest absolute Gasteiger partial charge is 0.508 e. The Morgan fingerprint density at radius 2 is 1.33 bits per heavy atom. The number of hydrogen-bond acceptors (Lipinski definition) is 7. The highest BCUT2D eigenvalue weighted by Crippen LogP contribution is 2.41. The molecule has 2 N–H and O–H groups in total. The van der Waals surface area contributed by atoms with Crippen LogP contribution in [0.15, 0.2) is 66.7 Å². The van der Waals surface area contributed by atoms with Crippen molar-refractivity contribution < 1.29 is 34.0 Å². The first-order chi connectivity index (χ1) is 15.8. The molecule has 0 amide bonds. The van der Waals surface area contributed by atoms with Crippen LogP contribution < -0.4 is 9.47 Å². The molecule has 0 fully saturated rings. The molecule has 0 spiro atoms. The number of phenols is 1. The molecule has 7 heteroatoms. The van der Waals surface area contributed by atoms with Gasteiger partial charge in [-0.15, -0.1) is 0 Å². The van der Waals surface area contributed by atoms with Crippen LogP contribution in [0.3, 0.4) is 0 Å². The summed E-state index contributed by atoms with van der Waals surface area (Å²) in [5.74, 6) is -0.481. The van der Waals surface area contributed by atoms with Gasteiger partial charge >= 0.3 is 11.9 Å². The van der Waals surface area contributed by atoms with Gasteiger partial charge in [0, 0.05) is 17.5 Å². The molecule has 3 aromatic carbocycles. The normalized spacial score (nSPS) is 11.0. The highest BCUT2D eigenvalue weighted by Gasteiger charge is 2.37. The Balaban J connectivity index is 2.19. The number of phenolic OH excluding ortho intramolecular Hbond substituents is 1. The summed E-state index contributed by atoms with van der Waals surface area (Å²) in [6, 6.07) is 18.3. The molecule has 0 saturated carbocycles. The number of carbonyl (C=O) groups is 2. The molecule has 0 atom stereocenters. The van der Waals surface area contributed by atoms with Crippen molar-refractivity contribution in [2.75, 3.05) is 14.2 Å². The lowest BCUT2D eigenvalue weighted by molar-refractivity contribution is -0.158. The van der Waals surface area contributed by atoms with Gasteiger partial charge in [0.2, 0.25) is 0 Å². The van der Waals surface area contributed by atoms with Crippen molar-refractivity contribution in [3.8, 4) is 17.2 Å². The number of rotatable bonds is 8. The molecule has 0 aliphatic heterocycles. The highest BCUT2D eigenvalue weighted by atomic mass is 16.6. The van der Waals surface area contributed by atoms with Crippen LogP contribution in [-0.2, 0) is 26.3 Å². The van der Waals surface area contributed by atoms with Gasteiger partial charge in [-0.25, -0.2) is 0 Å². The van der Waals surface area contributed by atoms with Gasteiger partial charge < -0.3 is 24.4 Å². The van der Waals surface area contributed by atoms with Gasteiger partial charge in [0.25, 0.3) is 0 Å². The first kappa shape index (κ1) is 23.8. The number of ether oxygens (including phenoxy) is 3. The van der Waals surface area contributed by atoms with Crippen molar-refractivity contribution in [1.82, 2.24) is 0 Å². The molecule has 0 saturated heterocycles. The average molecular weight is 450 g/mol. The third-order valence-electron chi connectivity index (χ3n) is 5.39. The standard InChI is InChI=1S/C26H26O7/c1-4-24(28)33-25(29)16-21-22(6-5-7-23(21)27)26(30,17-8-12-19(31-2)13-9-17)18-10-14-20(32-3)15-11-18/h5-15,27,30H,4,16H2,1-3H3. The summed E-state index contributed by atoms with van der Waals surface area (Å²) in [6.07, 6.45) is -0.358. The van der Waals surface area contributed by atoms with Gasteiger partial charge in [-0.3, -0.25) is 9.59 Å². The fourth-order valence-corrected chi connectivity index (χ4v) is 3.62. The van der Waals surface area contributed by atoms with Crippen LogP contribution in [0.25, 0.3) is 0 Å². The quantitative estimate of drug-likeness (QED) is 0.306. The van der Waals surface area contributed by atoms with E-state index in [9.17, 15) is 19.8 Å². The number of hydrogen-bond donors (Lipinski definition) is 2. The summed E-state index contributed by atoms with van der Waals surface area (Å²) in [4.78, 5) is 23.9. The highest BCUT2D eigenvalue weighted by molar-refractivity contribution is 5.87. The number of aromatic hydroxyl groups is 1. The lowest BCUT2D eigenvalue weighted by Gasteiger charge is -2.32. The van der Waals surface area contributed by atoms with Crippen LogP contribution >= 0.6 is 0 Å². The summed E-state index contributed by atoms with van der Waals surface area (Å²) >= 11 is 0. The van der Waals surface area contributed by atoms with E-state index >= 15 is 0 Å². The van der Waals surface area contributed by atoms with Crippen molar-refractivity contribution in [2.24, 2.45) is 0 Å². The van der Waals surface area contributed by atoms with E-state index in [0.29, 0.717) is 22.6 Å². The molecule has 0 heterocycles. The molecule has 0 unspecified atom stereocenters. The predicted octanol–water partition coefficient (Wildman–Crippen LogP) is 3.72. The zero-order valence-electron chi connectivity index (χ0n) is 18.7. The van der Waals surface area contributed by atoms with Crippen LogP contribution in [0.5, 0.6) is 17.2 Å². The van der Waals surface area contributed by atoms with Gasteiger partial charge in [0.15, 0.2) is 0 Å². The van der Waals surface area contributed by atoms with Crippen LogP contribution in [0, 0.1) is 0 Å². The van der Waals surface area contributed by atoms with Crippen molar-refractivity contribution in [3.63, 3.8) is 0 Å². The van der Waals surface area contributed by atoms with Crippen LogP contribution in [0.4, 0.5) is 0 Å². The van der Waals surface area contributed by atoms with Gasteiger partial charge in [-0.05, 0) is 41.5 Å². The van der Waals surface area contributed by atoms with Gasteiger partial charge in [-0.2, -0.15) is 0 Å². The third-order valence-corrected chi connectivity index (χ3v) is 5.39. The summed E-state index contributed by atoms with van der Waals surface area (Å²) in [7, 11) is 3.09. The number of methoxy groups -OCH3 is 2. The Labute approximate surface area is 192 Å². The Hall–Kier alpha value is -3.84. The van der Waals surface area contributed by atoms with Gasteiger partial charge in [0.1, 0.15) is 22.8 Å². The van der Waals surface area contributed by atoms with E-state index in [0.717, 1.165) is 0 Å². The first-order valence-electron chi connectivity index (χ1n) is 10.4. The van der Waals surface area contributed by atoms with E-state index in [1.165, 1.54) is 6.07 Å². The second-order valence-corrected chi connectivity index (χ2v) is 7.35. The number of aliphatic hydroxyl groups is 1. The van der Waals surface area contributed by atoms with E-state index in [-0.39, 0.29) is 23.3 Å². The number of esters is 2. The fourth-order valence-electron chi connectivity index (χ4n) is 3.62. The monoisotopic (exact) mass is 450 g/mol. The maximum absolute atomic E-state index is 12.4. The van der Waals surface area contributed by atoms with E-state index in [1.807, 2.05) is 0 Å². The van der Waals surface area contributed by atoms with E-state index in [1.54, 1.807) is 81.8 Å². The van der Waals surface area contributed by atoms with E-state index in [4.69, 9.17) is 14.2 Å². The van der Waals surface area contributed by atoms with Crippen molar-refractivity contribution in [1.29, 1.82) is 0 Å². The Morgan fingerprint density at radius 3 is 1.79 bits per heavy atom. The number of carbonyl (C=O) groups excluding carboxylic acids is 2. The summed E-state index contributed by atoms with van der Waals surface area (Å²) in [6.45, 7) is 1.58. The molecule has 7 nitrogen and oxygen atoms in total. The molecule has 3 aromatic rings. The van der Waals surface area contributed by atoms with Gasteiger partial charge in [-0.1, -0.05) is 43.3 Å². The minimum atomic E-state index is -1.75. The number of benzene rings is 3. The third kappa shape index (κ3) is 4.99. The van der Waals surface area contributed by atoms with Crippen LogP contribution in [0.1, 0.15) is 35.6 Å². The fraction of sp³-hybridized carbons (Fsp3) is 0.231. The Kier molecular flexibility index (Phi) is 7.35. The lowest BCUT2D eigenvalue weighted by atomic mass is 9.77. The van der Waals surface area contributed by atoms with Crippen molar-refractivity contribution >= 4 is 11.9 Å². The van der Waals surface area contributed by atoms with Gasteiger partial charge in [0.05, 0.1) is 20.6 Å². The maximum atomic E-state index is 12.4. The lowest BCUT2D eigenvalue weighted by Crippen LogP contribution is -2.31. The molecule has 3 rings (SSSR count). The second kappa shape index (κ2) is 10.2. The molecular weight excluding hydrogens is 424 g/mol. The molecule has 0 aliphatic rings. The molecule has 0 radical (unpaired) electrons. The van der Waals surface area contributed by atoms with Crippen molar-refractivity contribution in [3.05, 3.63) is 89.0 Å². The zero-order valence-corrected chi connectivity index (χ0v) is 18.7. The smallest absolute Gasteiger partial charge is 0.318 e. The summed E-state index contributed by atoms with van der Waals surface area (Å²) in [5, 5.41) is 22.8. The maximum Gasteiger partial charge on any atom is 0.318 e. The Morgan fingerprint density at radius 1 is 0.818 bits per heavy atom. The zero-order chi connectivity index (χ0) is 24.0. The van der Waals surface area contributed by atoms with E-state index in [2.05, 4.69) is 0 Å². The molecular formula is C26H26O7. The van der Waals surface area contributed by atoms with Crippen molar-refractivity contribution in [2.45, 2.75) is 25.4 Å². The molecule has 0 aromatic heterocycles. The molecule has 0 aliphatic carbocycles. The second-order valence-electron chi connectivity index (χ2n) is 7.35. The predicted molar refractivity (Wildman–Crippen MR) is 121 cm³/mol. The molecule has 33 heavy (non-hydrogen) atoms. The molecule has 0 bridgehead atoms. The minimum absolute atomic E-state index is 0.0427.